The van der Waals surface area contributed by atoms with Gasteiger partial charge in [0.2, 0.25) is 0 Å². The second-order valence-corrected chi connectivity index (χ2v) is 4.54. The Morgan fingerprint density at radius 2 is 2.17 bits per heavy atom. The molecule has 0 bridgehead atoms. The standard InChI is InChI=1S/C13H19N5/c1-10(5-8-18-7-4-6-16-18)17-13-11(2)12(3)14-9-15-13/h4,6-7,9-10H,5,8H2,1-3H3,(H,14,15,17)/t10-/m0/s1. The first-order valence-corrected chi connectivity index (χ1v) is 6.19. The average Bonchev–Trinajstić information content (AvgIpc) is 2.86. The normalized spacial score (nSPS) is 12.4. The Kier molecular flexibility index (Phi) is 3.92. The maximum atomic E-state index is 4.28. The summed E-state index contributed by atoms with van der Waals surface area (Å²) >= 11 is 0. The van der Waals surface area contributed by atoms with Crippen molar-refractivity contribution in [2.75, 3.05) is 5.32 Å². The van der Waals surface area contributed by atoms with Crippen LogP contribution in [-0.2, 0) is 6.54 Å². The summed E-state index contributed by atoms with van der Waals surface area (Å²) in [6.45, 7) is 7.10. The van der Waals surface area contributed by atoms with Gasteiger partial charge in [-0.05, 0) is 33.3 Å². The molecular formula is C13H19N5. The number of nitrogens with one attached hydrogen (secondary N) is 1. The second kappa shape index (κ2) is 5.62. The molecule has 0 unspecified atom stereocenters. The van der Waals surface area contributed by atoms with Crippen LogP contribution in [0.15, 0.2) is 24.8 Å². The average molecular weight is 245 g/mol. The first-order valence-electron chi connectivity index (χ1n) is 6.19. The van der Waals surface area contributed by atoms with E-state index in [1.54, 1.807) is 12.5 Å². The number of anilines is 1. The molecule has 0 aromatic carbocycles. The third-order valence-corrected chi connectivity index (χ3v) is 3.07. The molecule has 0 radical (unpaired) electrons. The Hall–Kier alpha value is -1.91. The van der Waals surface area contributed by atoms with Crippen LogP contribution >= 0.6 is 0 Å². The molecule has 2 aromatic rings. The Morgan fingerprint density at radius 3 is 2.89 bits per heavy atom. The van der Waals surface area contributed by atoms with Gasteiger partial charge in [-0.25, -0.2) is 9.97 Å². The van der Waals surface area contributed by atoms with Crippen LogP contribution in [0.4, 0.5) is 5.82 Å². The van der Waals surface area contributed by atoms with Crippen molar-refractivity contribution < 1.29 is 0 Å². The van der Waals surface area contributed by atoms with E-state index in [2.05, 4.69) is 27.3 Å². The largest absolute Gasteiger partial charge is 0.367 e. The van der Waals surface area contributed by atoms with Crippen LogP contribution in [0.5, 0.6) is 0 Å². The molecule has 1 atom stereocenters. The summed E-state index contributed by atoms with van der Waals surface area (Å²) in [5, 5.41) is 7.61. The van der Waals surface area contributed by atoms with Gasteiger partial charge in [0.05, 0.1) is 0 Å². The van der Waals surface area contributed by atoms with E-state index >= 15 is 0 Å². The van der Waals surface area contributed by atoms with E-state index in [1.165, 1.54) is 0 Å². The van der Waals surface area contributed by atoms with Crippen LogP contribution in [0, 0.1) is 13.8 Å². The molecule has 18 heavy (non-hydrogen) atoms. The second-order valence-electron chi connectivity index (χ2n) is 4.54. The van der Waals surface area contributed by atoms with Crippen LogP contribution in [0.2, 0.25) is 0 Å². The van der Waals surface area contributed by atoms with E-state index in [0.29, 0.717) is 6.04 Å². The predicted molar refractivity (Wildman–Crippen MR) is 71.4 cm³/mol. The van der Waals surface area contributed by atoms with Gasteiger partial charge < -0.3 is 5.32 Å². The fourth-order valence-electron chi connectivity index (χ4n) is 1.75. The fourth-order valence-corrected chi connectivity index (χ4v) is 1.75. The lowest BCUT2D eigenvalue weighted by atomic mass is 10.2. The van der Waals surface area contributed by atoms with Gasteiger partial charge in [-0.3, -0.25) is 4.68 Å². The summed E-state index contributed by atoms with van der Waals surface area (Å²) in [5.41, 5.74) is 2.13. The Labute approximate surface area is 107 Å². The van der Waals surface area contributed by atoms with Crippen molar-refractivity contribution in [2.45, 2.75) is 39.8 Å². The van der Waals surface area contributed by atoms with Gasteiger partial charge in [0.1, 0.15) is 12.1 Å². The highest BCUT2D eigenvalue weighted by Crippen LogP contribution is 2.14. The van der Waals surface area contributed by atoms with Crippen molar-refractivity contribution in [1.82, 2.24) is 19.7 Å². The maximum absolute atomic E-state index is 4.28. The lowest BCUT2D eigenvalue weighted by molar-refractivity contribution is 0.544. The molecule has 2 rings (SSSR count). The van der Waals surface area contributed by atoms with Gasteiger partial charge in [-0.15, -0.1) is 0 Å². The molecule has 2 aromatic heterocycles. The van der Waals surface area contributed by atoms with Crippen molar-refractivity contribution in [3.8, 4) is 0 Å². The summed E-state index contributed by atoms with van der Waals surface area (Å²) in [6, 6.07) is 2.29. The molecule has 0 saturated carbocycles. The molecule has 96 valence electrons. The zero-order valence-corrected chi connectivity index (χ0v) is 11.1. The smallest absolute Gasteiger partial charge is 0.132 e. The minimum absolute atomic E-state index is 0.349. The topological polar surface area (TPSA) is 55.6 Å². The molecular weight excluding hydrogens is 226 g/mol. The van der Waals surface area contributed by atoms with Gasteiger partial charge in [-0.2, -0.15) is 5.10 Å². The highest BCUT2D eigenvalue weighted by atomic mass is 15.3. The van der Waals surface area contributed by atoms with Crippen LogP contribution in [0.25, 0.3) is 0 Å². The van der Waals surface area contributed by atoms with Crippen LogP contribution in [0.1, 0.15) is 24.6 Å². The van der Waals surface area contributed by atoms with E-state index < -0.39 is 0 Å². The van der Waals surface area contributed by atoms with Crippen molar-refractivity contribution in [3.05, 3.63) is 36.0 Å². The molecule has 0 aliphatic carbocycles. The zero-order chi connectivity index (χ0) is 13.0. The molecule has 2 heterocycles. The number of hydrogen-bond acceptors (Lipinski definition) is 4. The van der Waals surface area contributed by atoms with E-state index in [1.807, 2.05) is 30.8 Å². The minimum atomic E-state index is 0.349. The first kappa shape index (κ1) is 12.5. The van der Waals surface area contributed by atoms with Crippen LogP contribution in [0.3, 0.4) is 0 Å². The molecule has 0 amide bonds. The Morgan fingerprint density at radius 1 is 1.33 bits per heavy atom. The van der Waals surface area contributed by atoms with Crippen molar-refractivity contribution >= 4 is 5.82 Å². The van der Waals surface area contributed by atoms with Gasteiger partial charge >= 0.3 is 0 Å². The molecule has 0 aliphatic heterocycles. The molecule has 0 fully saturated rings. The fraction of sp³-hybridized carbons (Fsp3) is 0.462. The lowest BCUT2D eigenvalue weighted by Crippen LogP contribution is -2.19. The third-order valence-electron chi connectivity index (χ3n) is 3.07. The van der Waals surface area contributed by atoms with E-state index in [4.69, 9.17) is 0 Å². The SMILES string of the molecule is Cc1ncnc(N[C@@H](C)CCn2cccn2)c1C. The molecule has 1 N–H and O–H groups in total. The van der Waals surface area contributed by atoms with E-state index in [0.717, 1.165) is 30.0 Å². The van der Waals surface area contributed by atoms with Crippen LogP contribution in [-0.4, -0.2) is 25.8 Å². The number of rotatable bonds is 5. The lowest BCUT2D eigenvalue weighted by Gasteiger charge is -2.16. The highest BCUT2D eigenvalue weighted by Gasteiger charge is 2.07. The first-order chi connectivity index (χ1) is 8.66. The molecule has 0 saturated heterocycles. The maximum Gasteiger partial charge on any atom is 0.132 e. The Bertz CT molecular complexity index is 492. The summed E-state index contributed by atoms with van der Waals surface area (Å²) < 4.78 is 1.94. The molecule has 0 aliphatic rings. The van der Waals surface area contributed by atoms with Gasteiger partial charge in [0.15, 0.2) is 0 Å². The van der Waals surface area contributed by atoms with E-state index in [9.17, 15) is 0 Å². The summed E-state index contributed by atoms with van der Waals surface area (Å²) in [6.07, 6.45) is 6.39. The van der Waals surface area contributed by atoms with E-state index in [-0.39, 0.29) is 0 Å². The molecule has 0 spiro atoms. The van der Waals surface area contributed by atoms with Gasteiger partial charge in [0.25, 0.3) is 0 Å². The number of aromatic nitrogens is 4. The number of hydrogen-bond donors (Lipinski definition) is 1. The predicted octanol–water partition coefficient (Wildman–Crippen LogP) is 2.18. The monoisotopic (exact) mass is 245 g/mol. The molecule has 5 nitrogen and oxygen atoms in total. The number of nitrogens with zero attached hydrogens (tertiary/aromatic N) is 4. The minimum Gasteiger partial charge on any atom is -0.367 e. The van der Waals surface area contributed by atoms with Crippen molar-refractivity contribution in [2.24, 2.45) is 0 Å². The highest BCUT2D eigenvalue weighted by molar-refractivity contribution is 5.45. The van der Waals surface area contributed by atoms with Crippen molar-refractivity contribution in [3.63, 3.8) is 0 Å². The van der Waals surface area contributed by atoms with Gasteiger partial charge in [0, 0.05) is 36.2 Å². The summed E-state index contributed by atoms with van der Waals surface area (Å²) in [4.78, 5) is 8.45. The third kappa shape index (κ3) is 3.06. The van der Waals surface area contributed by atoms with Gasteiger partial charge in [-0.1, -0.05) is 0 Å². The Balaban J connectivity index is 1.90. The quantitative estimate of drug-likeness (QED) is 0.877. The summed E-state index contributed by atoms with van der Waals surface area (Å²) in [7, 11) is 0. The summed E-state index contributed by atoms with van der Waals surface area (Å²) in [5.74, 6) is 0.926. The zero-order valence-electron chi connectivity index (χ0n) is 11.1. The van der Waals surface area contributed by atoms with Crippen LogP contribution < -0.4 is 5.32 Å². The molecule has 5 heteroatoms. The van der Waals surface area contributed by atoms with Crippen molar-refractivity contribution in [1.29, 1.82) is 0 Å². The number of aryl methyl sites for hydroxylation is 2.